The Balaban J connectivity index is 1.49. The lowest BCUT2D eigenvalue weighted by atomic mass is 9.85. The van der Waals surface area contributed by atoms with E-state index in [9.17, 15) is 9.59 Å². The van der Waals surface area contributed by atoms with Gasteiger partial charge in [-0.05, 0) is 76.5 Å². The topological polar surface area (TPSA) is 58.6 Å². The Hall–Kier alpha value is -1.26. The van der Waals surface area contributed by atoms with Gasteiger partial charge < -0.3 is 15.0 Å². The predicted molar refractivity (Wildman–Crippen MR) is 102 cm³/mol. The van der Waals surface area contributed by atoms with Crippen LogP contribution in [0.15, 0.2) is 0 Å². The lowest BCUT2D eigenvalue weighted by molar-refractivity contribution is -0.134. The van der Waals surface area contributed by atoms with Crippen molar-refractivity contribution in [3.8, 4) is 0 Å². The zero-order chi connectivity index (χ0) is 18.9. The maximum Gasteiger partial charge on any atom is 0.407 e. The molecule has 0 spiro atoms. The Bertz CT molecular complexity index is 528. The van der Waals surface area contributed by atoms with Gasteiger partial charge in [0.25, 0.3) is 0 Å². The van der Waals surface area contributed by atoms with Gasteiger partial charge in [-0.2, -0.15) is 0 Å². The molecule has 5 heteroatoms. The fourth-order valence-corrected chi connectivity index (χ4v) is 5.30. The highest BCUT2D eigenvalue weighted by Gasteiger charge is 2.41. The van der Waals surface area contributed by atoms with E-state index in [0.717, 1.165) is 44.2 Å². The Kier molecular flexibility index (Phi) is 5.83. The van der Waals surface area contributed by atoms with Gasteiger partial charge in [-0.3, -0.25) is 4.79 Å². The number of fused-ring (bicyclic) bond motifs is 2. The number of carbonyl (C=O) groups excluding carboxylic acids is 2. The van der Waals surface area contributed by atoms with Crippen molar-refractivity contribution in [2.24, 2.45) is 23.7 Å². The SMILES string of the molecule is CCC1CN(C(=O)CC2CC3CCC2C3)CCC1NC(=O)OC(C)(C)C. The molecule has 0 aromatic heterocycles. The summed E-state index contributed by atoms with van der Waals surface area (Å²) in [6.45, 7) is 9.27. The number of alkyl carbamates (subject to hydrolysis) is 1. The number of hydrogen-bond donors (Lipinski definition) is 1. The third-order valence-corrected chi connectivity index (χ3v) is 6.63. The first-order valence-corrected chi connectivity index (χ1v) is 10.5. The van der Waals surface area contributed by atoms with Crippen LogP contribution in [0.5, 0.6) is 0 Å². The molecule has 5 atom stereocenters. The summed E-state index contributed by atoms with van der Waals surface area (Å²) in [5, 5.41) is 3.03. The van der Waals surface area contributed by atoms with Crippen LogP contribution in [-0.2, 0) is 9.53 Å². The monoisotopic (exact) mass is 364 g/mol. The van der Waals surface area contributed by atoms with Gasteiger partial charge in [0, 0.05) is 25.6 Å². The largest absolute Gasteiger partial charge is 0.444 e. The second-order valence-electron chi connectivity index (χ2n) is 9.69. The van der Waals surface area contributed by atoms with Crippen LogP contribution in [0, 0.1) is 23.7 Å². The Morgan fingerprint density at radius 3 is 2.46 bits per heavy atom. The normalized spacial score (nSPS) is 34.0. The molecule has 2 aliphatic carbocycles. The Morgan fingerprint density at radius 1 is 1.12 bits per heavy atom. The molecule has 3 fully saturated rings. The average molecular weight is 365 g/mol. The van der Waals surface area contributed by atoms with E-state index >= 15 is 0 Å². The minimum atomic E-state index is -0.483. The minimum absolute atomic E-state index is 0.0985. The number of hydrogen-bond acceptors (Lipinski definition) is 3. The molecule has 2 saturated carbocycles. The number of amides is 2. The molecule has 0 aromatic carbocycles. The average Bonchev–Trinajstić information content (AvgIpc) is 3.16. The summed E-state index contributed by atoms with van der Waals surface area (Å²) in [7, 11) is 0. The molecule has 0 radical (unpaired) electrons. The van der Waals surface area contributed by atoms with Crippen molar-refractivity contribution < 1.29 is 14.3 Å². The van der Waals surface area contributed by atoms with Crippen molar-refractivity contribution >= 4 is 12.0 Å². The van der Waals surface area contributed by atoms with Crippen molar-refractivity contribution in [2.45, 2.75) is 84.3 Å². The zero-order valence-electron chi connectivity index (χ0n) is 16.9. The summed E-state index contributed by atoms with van der Waals surface area (Å²) in [4.78, 5) is 27.0. The Labute approximate surface area is 158 Å². The van der Waals surface area contributed by atoms with Gasteiger partial charge in [0.05, 0.1) is 0 Å². The zero-order valence-corrected chi connectivity index (χ0v) is 16.9. The van der Waals surface area contributed by atoms with Crippen molar-refractivity contribution in [1.82, 2.24) is 10.2 Å². The highest BCUT2D eigenvalue weighted by Crippen LogP contribution is 2.49. The first-order valence-electron chi connectivity index (χ1n) is 10.5. The maximum absolute atomic E-state index is 12.8. The van der Waals surface area contributed by atoms with Gasteiger partial charge in [0.1, 0.15) is 5.60 Å². The van der Waals surface area contributed by atoms with E-state index in [2.05, 4.69) is 12.2 Å². The van der Waals surface area contributed by atoms with E-state index in [0.29, 0.717) is 17.7 Å². The fraction of sp³-hybridized carbons (Fsp3) is 0.905. The van der Waals surface area contributed by atoms with Crippen LogP contribution in [-0.4, -0.2) is 41.6 Å². The lowest BCUT2D eigenvalue weighted by Gasteiger charge is -2.39. The molecule has 1 heterocycles. The van der Waals surface area contributed by atoms with Crippen LogP contribution in [0.2, 0.25) is 0 Å². The van der Waals surface area contributed by atoms with Crippen LogP contribution in [0.3, 0.4) is 0 Å². The third kappa shape index (κ3) is 4.72. The van der Waals surface area contributed by atoms with E-state index in [4.69, 9.17) is 4.74 Å². The van der Waals surface area contributed by atoms with E-state index in [1.807, 2.05) is 25.7 Å². The highest BCUT2D eigenvalue weighted by atomic mass is 16.6. The Morgan fingerprint density at radius 2 is 1.88 bits per heavy atom. The number of ether oxygens (including phenoxy) is 1. The maximum atomic E-state index is 12.8. The van der Waals surface area contributed by atoms with Crippen LogP contribution in [0.25, 0.3) is 0 Å². The molecular formula is C21H36N2O3. The number of nitrogens with zero attached hydrogens (tertiary/aromatic N) is 1. The van der Waals surface area contributed by atoms with E-state index < -0.39 is 5.60 Å². The van der Waals surface area contributed by atoms with Gasteiger partial charge in [-0.25, -0.2) is 4.79 Å². The van der Waals surface area contributed by atoms with Gasteiger partial charge in [-0.1, -0.05) is 13.3 Å². The van der Waals surface area contributed by atoms with E-state index in [-0.39, 0.29) is 12.1 Å². The molecule has 1 saturated heterocycles. The molecule has 2 amide bonds. The second kappa shape index (κ2) is 7.77. The predicted octanol–water partition coefficient (Wildman–Crippen LogP) is 3.96. The molecule has 3 rings (SSSR count). The molecule has 5 nitrogen and oxygen atoms in total. The highest BCUT2D eigenvalue weighted by molar-refractivity contribution is 5.76. The number of nitrogens with one attached hydrogen (secondary N) is 1. The number of rotatable bonds is 4. The summed E-state index contributed by atoms with van der Waals surface area (Å²) in [5.74, 6) is 2.96. The van der Waals surface area contributed by atoms with Crippen LogP contribution >= 0.6 is 0 Å². The van der Waals surface area contributed by atoms with Gasteiger partial charge in [0.2, 0.25) is 5.91 Å². The molecule has 2 bridgehead atoms. The smallest absolute Gasteiger partial charge is 0.407 e. The summed E-state index contributed by atoms with van der Waals surface area (Å²) in [6.07, 6.45) is 7.52. The van der Waals surface area contributed by atoms with Crippen molar-refractivity contribution in [3.05, 3.63) is 0 Å². The number of carbonyl (C=O) groups is 2. The summed E-state index contributed by atoms with van der Waals surface area (Å²) in [5.41, 5.74) is -0.483. The van der Waals surface area contributed by atoms with Crippen LogP contribution in [0.1, 0.15) is 72.6 Å². The van der Waals surface area contributed by atoms with Gasteiger partial charge in [0.15, 0.2) is 0 Å². The van der Waals surface area contributed by atoms with Gasteiger partial charge >= 0.3 is 6.09 Å². The van der Waals surface area contributed by atoms with Crippen molar-refractivity contribution in [1.29, 1.82) is 0 Å². The molecule has 3 aliphatic rings. The number of likely N-dealkylation sites (tertiary alicyclic amines) is 1. The van der Waals surface area contributed by atoms with Crippen molar-refractivity contribution in [3.63, 3.8) is 0 Å². The first kappa shape index (κ1) is 19.5. The fourth-order valence-electron chi connectivity index (χ4n) is 5.30. The van der Waals surface area contributed by atoms with Crippen molar-refractivity contribution in [2.75, 3.05) is 13.1 Å². The summed E-state index contributed by atoms with van der Waals surface area (Å²) in [6, 6.07) is 0.0985. The van der Waals surface area contributed by atoms with Gasteiger partial charge in [-0.15, -0.1) is 0 Å². The summed E-state index contributed by atoms with van der Waals surface area (Å²) >= 11 is 0. The standard InChI is InChI=1S/C21H36N2O3/c1-5-15-13-23(9-8-18(15)22-20(25)26-21(2,3)4)19(24)12-17-11-14-6-7-16(17)10-14/h14-18H,5-13H2,1-4H3,(H,22,25). The van der Waals surface area contributed by atoms with Crippen LogP contribution in [0.4, 0.5) is 4.79 Å². The summed E-state index contributed by atoms with van der Waals surface area (Å²) < 4.78 is 5.39. The molecule has 1 aliphatic heterocycles. The molecule has 0 aromatic rings. The number of piperidine rings is 1. The van der Waals surface area contributed by atoms with E-state index in [1.165, 1.54) is 25.7 Å². The molecule has 1 N–H and O–H groups in total. The molecule has 148 valence electrons. The second-order valence-corrected chi connectivity index (χ2v) is 9.69. The molecular weight excluding hydrogens is 328 g/mol. The first-order chi connectivity index (χ1) is 12.2. The van der Waals surface area contributed by atoms with Crippen LogP contribution < -0.4 is 5.32 Å². The third-order valence-electron chi connectivity index (χ3n) is 6.63. The quantitative estimate of drug-likeness (QED) is 0.821. The molecule has 5 unspecified atom stereocenters. The lowest BCUT2D eigenvalue weighted by Crippen LogP contribution is -2.53. The molecule has 26 heavy (non-hydrogen) atoms. The van der Waals surface area contributed by atoms with E-state index in [1.54, 1.807) is 0 Å². The minimum Gasteiger partial charge on any atom is -0.444 e.